The molecule has 20 heavy (non-hydrogen) atoms. The third-order valence-electron chi connectivity index (χ3n) is 3.89. The fraction of sp³-hybridized carbons (Fsp3) is 0.533. The number of benzene rings is 1. The van der Waals surface area contributed by atoms with Crippen molar-refractivity contribution in [2.75, 3.05) is 13.2 Å². The van der Waals surface area contributed by atoms with Gasteiger partial charge in [-0.15, -0.1) is 0 Å². The molecular formula is C15H20ClN3O. The van der Waals surface area contributed by atoms with Gasteiger partial charge in [0.15, 0.2) is 5.96 Å². The van der Waals surface area contributed by atoms with Gasteiger partial charge >= 0.3 is 0 Å². The molecule has 108 valence electrons. The first-order chi connectivity index (χ1) is 9.72. The Labute approximate surface area is 124 Å². The smallest absolute Gasteiger partial charge is 0.188 e. The maximum Gasteiger partial charge on any atom is 0.188 e. The maximum absolute atomic E-state index is 6.01. The molecule has 0 radical (unpaired) electrons. The summed E-state index contributed by atoms with van der Waals surface area (Å²) in [5.74, 6) is 1.01. The predicted octanol–water partition coefficient (Wildman–Crippen LogP) is 2.28. The van der Waals surface area contributed by atoms with Crippen molar-refractivity contribution in [3.63, 3.8) is 0 Å². The number of ether oxygens (including phenoxy) is 1. The average Bonchev–Trinajstić information content (AvgIpc) is 2.99. The van der Waals surface area contributed by atoms with Gasteiger partial charge in [0, 0.05) is 23.6 Å². The minimum absolute atomic E-state index is 0.248. The minimum atomic E-state index is 0.248. The Kier molecular flexibility index (Phi) is 4.13. The van der Waals surface area contributed by atoms with E-state index in [1.807, 2.05) is 18.2 Å². The van der Waals surface area contributed by atoms with Gasteiger partial charge in [-0.1, -0.05) is 23.7 Å². The van der Waals surface area contributed by atoms with Crippen LogP contribution < -0.4 is 11.1 Å². The lowest BCUT2D eigenvalue weighted by atomic mass is 10.1. The number of hydrogen-bond donors (Lipinski definition) is 2. The molecule has 4 nitrogen and oxygen atoms in total. The highest BCUT2D eigenvalue weighted by molar-refractivity contribution is 6.30. The van der Waals surface area contributed by atoms with E-state index in [4.69, 9.17) is 22.1 Å². The molecule has 0 aromatic heterocycles. The zero-order valence-corrected chi connectivity index (χ0v) is 12.1. The second-order valence-electron chi connectivity index (χ2n) is 5.51. The van der Waals surface area contributed by atoms with Gasteiger partial charge in [-0.05, 0) is 37.0 Å². The number of halogens is 1. The molecule has 2 fully saturated rings. The van der Waals surface area contributed by atoms with Gasteiger partial charge in [0.1, 0.15) is 0 Å². The number of nitrogens with zero attached hydrogens (tertiary/aromatic N) is 1. The number of rotatable bonds is 4. The van der Waals surface area contributed by atoms with Gasteiger partial charge in [-0.3, -0.25) is 4.99 Å². The Hall–Kier alpha value is -1.26. The van der Waals surface area contributed by atoms with E-state index in [1.54, 1.807) is 0 Å². The van der Waals surface area contributed by atoms with Crippen molar-refractivity contribution in [3.8, 4) is 0 Å². The summed E-state index contributed by atoms with van der Waals surface area (Å²) in [5.41, 5.74) is 7.19. The van der Waals surface area contributed by atoms with Crippen LogP contribution in [0, 0.1) is 0 Å². The molecule has 3 N–H and O–H groups in total. The first-order valence-corrected chi connectivity index (χ1v) is 7.53. The Balaban J connectivity index is 1.48. The first-order valence-electron chi connectivity index (χ1n) is 7.16. The zero-order chi connectivity index (χ0) is 13.9. The molecule has 0 amide bonds. The molecule has 3 atom stereocenters. The van der Waals surface area contributed by atoms with E-state index in [0.717, 1.165) is 30.9 Å². The molecule has 2 aliphatic rings. The SMILES string of the molecule is NC(=NCC1CCCO1)N[C@@H]1C[C@H]1c1cccc(Cl)c1. The van der Waals surface area contributed by atoms with Gasteiger partial charge in [0.25, 0.3) is 0 Å². The number of aliphatic imine (C=N–C) groups is 1. The lowest BCUT2D eigenvalue weighted by Gasteiger charge is -2.08. The van der Waals surface area contributed by atoms with E-state index in [-0.39, 0.29) is 6.10 Å². The van der Waals surface area contributed by atoms with E-state index in [0.29, 0.717) is 24.5 Å². The summed E-state index contributed by atoms with van der Waals surface area (Å²) in [6.45, 7) is 1.51. The summed E-state index contributed by atoms with van der Waals surface area (Å²) in [5, 5.41) is 4.06. The molecule has 5 heteroatoms. The van der Waals surface area contributed by atoms with Crippen LogP contribution in [0.3, 0.4) is 0 Å². The van der Waals surface area contributed by atoms with Crippen molar-refractivity contribution < 1.29 is 4.74 Å². The summed E-state index contributed by atoms with van der Waals surface area (Å²) in [6, 6.07) is 8.39. The molecule has 1 aromatic rings. The molecule has 0 bridgehead atoms. The van der Waals surface area contributed by atoms with Crippen LogP contribution >= 0.6 is 11.6 Å². The van der Waals surface area contributed by atoms with Crippen LogP contribution in [-0.4, -0.2) is 31.3 Å². The van der Waals surface area contributed by atoms with Gasteiger partial charge < -0.3 is 15.8 Å². The molecule has 0 spiro atoms. The summed E-state index contributed by atoms with van der Waals surface area (Å²) in [6.07, 6.45) is 3.55. The molecular weight excluding hydrogens is 274 g/mol. The molecule has 1 saturated heterocycles. The summed E-state index contributed by atoms with van der Waals surface area (Å²) >= 11 is 6.01. The molecule has 1 heterocycles. The number of guanidine groups is 1. The van der Waals surface area contributed by atoms with E-state index < -0.39 is 0 Å². The minimum Gasteiger partial charge on any atom is -0.376 e. The fourth-order valence-electron chi connectivity index (χ4n) is 2.68. The first kappa shape index (κ1) is 13.7. The Morgan fingerprint density at radius 1 is 1.50 bits per heavy atom. The highest BCUT2D eigenvalue weighted by Gasteiger charge is 2.38. The molecule has 1 aliphatic carbocycles. The fourth-order valence-corrected chi connectivity index (χ4v) is 2.88. The van der Waals surface area contributed by atoms with Crippen LogP contribution in [0.15, 0.2) is 29.3 Å². The lowest BCUT2D eigenvalue weighted by molar-refractivity contribution is 0.118. The third kappa shape index (κ3) is 3.44. The van der Waals surface area contributed by atoms with Crippen molar-refractivity contribution in [1.82, 2.24) is 5.32 Å². The standard InChI is InChI=1S/C15H20ClN3O/c16-11-4-1-3-10(7-11)13-8-14(13)19-15(17)18-9-12-5-2-6-20-12/h1,3-4,7,12-14H,2,5-6,8-9H2,(H3,17,18,19)/t12?,13-,14+/m0/s1. The summed E-state index contributed by atoms with van der Waals surface area (Å²) < 4.78 is 5.52. The quantitative estimate of drug-likeness (QED) is 0.661. The third-order valence-corrected chi connectivity index (χ3v) is 4.12. The number of nitrogens with two attached hydrogens (primary N) is 1. The Bertz CT molecular complexity index is 500. The van der Waals surface area contributed by atoms with Crippen molar-refractivity contribution in [2.24, 2.45) is 10.7 Å². The predicted molar refractivity (Wildman–Crippen MR) is 81.2 cm³/mol. The summed E-state index contributed by atoms with van der Waals surface area (Å²) in [7, 11) is 0. The van der Waals surface area contributed by atoms with E-state index >= 15 is 0 Å². The highest BCUT2D eigenvalue weighted by Crippen LogP contribution is 2.41. The van der Waals surface area contributed by atoms with Crippen LogP contribution in [0.25, 0.3) is 0 Å². The van der Waals surface area contributed by atoms with E-state index in [9.17, 15) is 0 Å². The Morgan fingerprint density at radius 2 is 2.40 bits per heavy atom. The molecule has 1 unspecified atom stereocenters. The van der Waals surface area contributed by atoms with Crippen molar-refractivity contribution in [1.29, 1.82) is 0 Å². The lowest BCUT2D eigenvalue weighted by Crippen LogP contribution is -2.34. The molecule has 1 aromatic carbocycles. The zero-order valence-electron chi connectivity index (χ0n) is 11.4. The molecule has 3 rings (SSSR count). The van der Waals surface area contributed by atoms with Gasteiger partial charge in [0.05, 0.1) is 12.6 Å². The highest BCUT2D eigenvalue weighted by atomic mass is 35.5. The van der Waals surface area contributed by atoms with Gasteiger partial charge in [-0.2, -0.15) is 0 Å². The van der Waals surface area contributed by atoms with Gasteiger partial charge in [0.2, 0.25) is 0 Å². The van der Waals surface area contributed by atoms with E-state index in [1.165, 1.54) is 5.56 Å². The van der Waals surface area contributed by atoms with Crippen LogP contribution in [-0.2, 0) is 4.74 Å². The van der Waals surface area contributed by atoms with Crippen LogP contribution in [0.2, 0.25) is 5.02 Å². The van der Waals surface area contributed by atoms with E-state index in [2.05, 4.69) is 16.4 Å². The number of nitrogens with one attached hydrogen (secondary N) is 1. The van der Waals surface area contributed by atoms with Crippen LogP contribution in [0.4, 0.5) is 0 Å². The summed E-state index contributed by atoms with van der Waals surface area (Å²) in [4.78, 5) is 4.36. The maximum atomic E-state index is 6.01. The van der Waals surface area contributed by atoms with Crippen molar-refractivity contribution in [2.45, 2.75) is 37.3 Å². The van der Waals surface area contributed by atoms with Crippen molar-refractivity contribution in [3.05, 3.63) is 34.9 Å². The molecule has 1 aliphatic heterocycles. The van der Waals surface area contributed by atoms with Crippen molar-refractivity contribution >= 4 is 17.6 Å². The van der Waals surface area contributed by atoms with Crippen LogP contribution in [0.1, 0.15) is 30.7 Å². The number of hydrogen-bond acceptors (Lipinski definition) is 2. The van der Waals surface area contributed by atoms with Gasteiger partial charge in [-0.25, -0.2) is 0 Å². The second-order valence-corrected chi connectivity index (χ2v) is 5.95. The Morgan fingerprint density at radius 3 is 3.15 bits per heavy atom. The monoisotopic (exact) mass is 293 g/mol. The van der Waals surface area contributed by atoms with Crippen LogP contribution in [0.5, 0.6) is 0 Å². The average molecular weight is 294 g/mol. The molecule has 1 saturated carbocycles. The second kappa shape index (κ2) is 6.02. The topological polar surface area (TPSA) is 59.6 Å². The normalized spacial score (nSPS) is 29.4. The largest absolute Gasteiger partial charge is 0.376 e.